The molecule has 1 saturated carbocycles. The monoisotopic (exact) mass is 380 g/mol. The van der Waals surface area contributed by atoms with E-state index in [2.05, 4.69) is 27.7 Å². The first-order valence-corrected chi connectivity index (χ1v) is 12.2. The summed E-state index contributed by atoms with van der Waals surface area (Å²) < 4.78 is 5.91. The van der Waals surface area contributed by atoms with Crippen LogP contribution in [0.1, 0.15) is 137 Å². The Kier molecular flexibility index (Phi) is 13.1. The van der Waals surface area contributed by atoms with E-state index < -0.39 is 0 Å². The molecule has 27 heavy (non-hydrogen) atoms. The zero-order valence-corrected chi connectivity index (χ0v) is 19.0. The maximum absolute atomic E-state index is 12.2. The molecule has 0 aromatic rings. The lowest BCUT2D eigenvalue weighted by molar-refractivity contribution is -0.168. The number of carbonyl (C=O) groups is 1. The number of carbonyl (C=O) groups excluding carboxylic acids is 1. The van der Waals surface area contributed by atoms with Gasteiger partial charge in [0.15, 0.2) is 0 Å². The minimum atomic E-state index is -0.222. The summed E-state index contributed by atoms with van der Waals surface area (Å²) >= 11 is 0. The van der Waals surface area contributed by atoms with Crippen molar-refractivity contribution in [1.29, 1.82) is 0 Å². The van der Waals surface area contributed by atoms with E-state index >= 15 is 0 Å². The fraction of sp³-hybridized carbons (Fsp3) is 0.960. The Bertz CT molecular complexity index is 379. The normalized spacial score (nSPS) is 25.5. The SMILES string of the molecule is CCCCCCCCCCCCCCCC(=O)OC1(C)CCC(C)CC1C. The Morgan fingerprint density at radius 3 is 1.81 bits per heavy atom. The topological polar surface area (TPSA) is 26.3 Å². The van der Waals surface area contributed by atoms with Gasteiger partial charge < -0.3 is 4.74 Å². The zero-order chi connectivity index (χ0) is 20.0. The fourth-order valence-corrected chi connectivity index (χ4v) is 4.50. The third-order valence-corrected chi connectivity index (χ3v) is 6.76. The van der Waals surface area contributed by atoms with E-state index in [1.165, 1.54) is 89.9 Å². The molecule has 2 heteroatoms. The summed E-state index contributed by atoms with van der Waals surface area (Å²) in [6.45, 7) is 8.98. The minimum absolute atomic E-state index is 0.0296. The molecule has 0 amide bonds. The largest absolute Gasteiger partial charge is 0.459 e. The molecule has 0 bridgehead atoms. The Morgan fingerprint density at radius 1 is 0.852 bits per heavy atom. The molecule has 0 heterocycles. The molecular formula is C25H48O2. The van der Waals surface area contributed by atoms with E-state index in [0.29, 0.717) is 12.3 Å². The molecule has 0 aliphatic heterocycles. The van der Waals surface area contributed by atoms with Gasteiger partial charge in [-0.15, -0.1) is 0 Å². The number of hydrogen-bond donors (Lipinski definition) is 0. The number of esters is 1. The number of unbranched alkanes of at least 4 members (excludes halogenated alkanes) is 12. The zero-order valence-electron chi connectivity index (χ0n) is 19.0. The molecule has 3 atom stereocenters. The Balaban J connectivity index is 1.92. The van der Waals surface area contributed by atoms with Gasteiger partial charge in [0, 0.05) is 6.42 Å². The molecule has 0 saturated heterocycles. The number of rotatable bonds is 15. The van der Waals surface area contributed by atoms with Crippen molar-refractivity contribution in [1.82, 2.24) is 0 Å². The van der Waals surface area contributed by atoms with Crippen molar-refractivity contribution in [2.45, 2.75) is 142 Å². The van der Waals surface area contributed by atoms with Crippen LogP contribution in [-0.4, -0.2) is 11.6 Å². The maximum Gasteiger partial charge on any atom is 0.306 e. The van der Waals surface area contributed by atoms with Crippen LogP contribution in [0, 0.1) is 11.8 Å². The highest BCUT2D eigenvalue weighted by Crippen LogP contribution is 2.39. The highest BCUT2D eigenvalue weighted by Gasteiger charge is 2.39. The molecule has 2 nitrogen and oxygen atoms in total. The van der Waals surface area contributed by atoms with Gasteiger partial charge in [0.25, 0.3) is 0 Å². The lowest BCUT2D eigenvalue weighted by Crippen LogP contribution is -2.42. The maximum atomic E-state index is 12.2. The van der Waals surface area contributed by atoms with Crippen LogP contribution in [0.25, 0.3) is 0 Å². The fourth-order valence-electron chi connectivity index (χ4n) is 4.50. The molecular weight excluding hydrogens is 332 g/mol. The molecule has 160 valence electrons. The molecule has 0 spiro atoms. The second kappa shape index (κ2) is 14.5. The second-order valence-electron chi connectivity index (χ2n) is 9.56. The molecule has 1 aliphatic carbocycles. The van der Waals surface area contributed by atoms with Crippen LogP contribution in [0.4, 0.5) is 0 Å². The highest BCUT2D eigenvalue weighted by atomic mass is 16.6. The smallest absolute Gasteiger partial charge is 0.306 e. The lowest BCUT2D eigenvalue weighted by Gasteiger charge is -2.41. The van der Waals surface area contributed by atoms with Crippen LogP contribution in [0.5, 0.6) is 0 Å². The van der Waals surface area contributed by atoms with Crippen LogP contribution in [0.3, 0.4) is 0 Å². The average molecular weight is 381 g/mol. The Labute approximate surface area is 170 Å². The van der Waals surface area contributed by atoms with Gasteiger partial charge >= 0.3 is 5.97 Å². The summed E-state index contributed by atoms with van der Waals surface area (Å²) in [5, 5.41) is 0. The van der Waals surface area contributed by atoms with Gasteiger partial charge in [0.2, 0.25) is 0 Å². The molecule has 1 rings (SSSR count). The first-order chi connectivity index (χ1) is 13.0. The van der Waals surface area contributed by atoms with Crippen LogP contribution >= 0.6 is 0 Å². The van der Waals surface area contributed by atoms with E-state index in [-0.39, 0.29) is 11.6 Å². The summed E-state index contributed by atoms with van der Waals surface area (Å²) in [5.74, 6) is 1.28. The van der Waals surface area contributed by atoms with Gasteiger partial charge in [-0.2, -0.15) is 0 Å². The van der Waals surface area contributed by atoms with Crippen molar-refractivity contribution in [3.8, 4) is 0 Å². The van der Waals surface area contributed by atoms with Gasteiger partial charge in [0.05, 0.1) is 0 Å². The predicted molar refractivity (Wildman–Crippen MR) is 117 cm³/mol. The molecule has 1 aliphatic rings. The third-order valence-electron chi connectivity index (χ3n) is 6.76. The summed E-state index contributed by atoms with van der Waals surface area (Å²) in [6.07, 6.45) is 21.4. The molecule has 0 radical (unpaired) electrons. The molecule has 0 N–H and O–H groups in total. The molecule has 0 aromatic heterocycles. The van der Waals surface area contributed by atoms with Crippen LogP contribution < -0.4 is 0 Å². The van der Waals surface area contributed by atoms with Crippen molar-refractivity contribution in [3.05, 3.63) is 0 Å². The van der Waals surface area contributed by atoms with Gasteiger partial charge in [-0.25, -0.2) is 0 Å². The highest BCUT2D eigenvalue weighted by molar-refractivity contribution is 5.69. The molecule has 3 unspecified atom stereocenters. The first-order valence-electron chi connectivity index (χ1n) is 12.2. The van der Waals surface area contributed by atoms with Gasteiger partial charge in [-0.05, 0) is 44.4 Å². The summed E-state index contributed by atoms with van der Waals surface area (Å²) in [6, 6.07) is 0. The van der Waals surface area contributed by atoms with E-state index in [1.54, 1.807) is 0 Å². The van der Waals surface area contributed by atoms with Crippen molar-refractivity contribution < 1.29 is 9.53 Å². The number of ether oxygens (including phenoxy) is 1. The third kappa shape index (κ3) is 11.2. The lowest BCUT2D eigenvalue weighted by atomic mass is 9.73. The van der Waals surface area contributed by atoms with Gasteiger partial charge in [0.1, 0.15) is 5.60 Å². The van der Waals surface area contributed by atoms with E-state index in [4.69, 9.17) is 4.74 Å². The van der Waals surface area contributed by atoms with Crippen LogP contribution in [0.15, 0.2) is 0 Å². The second-order valence-corrected chi connectivity index (χ2v) is 9.56. The Morgan fingerprint density at radius 2 is 1.33 bits per heavy atom. The summed E-state index contributed by atoms with van der Waals surface area (Å²) in [7, 11) is 0. The predicted octanol–water partition coefficient (Wildman–Crippen LogP) is 8.23. The molecule has 0 aromatic carbocycles. The van der Waals surface area contributed by atoms with E-state index in [1.807, 2.05) is 0 Å². The summed E-state index contributed by atoms with van der Waals surface area (Å²) in [4.78, 5) is 12.2. The van der Waals surface area contributed by atoms with Crippen molar-refractivity contribution in [3.63, 3.8) is 0 Å². The van der Waals surface area contributed by atoms with Crippen LogP contribution in [-0.2, 0) is 9.53 Å². The Hall–Kier alpha value is -0.530. The van der Waals surface area contributed by atoms with Gasteiger partial charge in [-0.1, -0.05) is 97.8 Å². The minimum Gasteiger partial charge on any atom is -0.459 e. The molecule has 1 fully saturated rings. The quantitative estimate of drug-likeness (QED) is 0.211. The van der Waals surface area contributed by atoms with E-state index in [0.717, 1.165) is 18.8 Å². The average Bonchev–Trinajstić information content (AvgIpc) is 2.63. The standard InChI is InChI=1S/C25H48O2/c1-5-6-7-8-9-10-11-12-13-14-15-16-17-18-24(26)27-25(4)20-19-22(2)21-23(25)3/h22-23H,5-21H2,1-4H3. The van der Waals surface area contributed by atoms with Crippen LogP contribution in [0.2, 0.25) is 0 Å². The van der Waals surface area contributed by atoms with Crippen molar-refractivity contribution in [2.24, 2.45) is 11.8 Å². The number of hydrogen-bond acceptors (Lipinski definition) is 2. The van der Waals surface area contributed by atoms with E-state index in [9.17, 15) is 4.79 Å². The van der Waals surface area contributed by atoms with Crippen molar-refractivity contribution in [2.75, 3.05) is 0 Å². The van der Waals surface area contributed by atoms with Crippen molar-refractivity contribution >= 4 is 5.97 Å². The summed E-state index contributed by atoms with van der Waals surface area (Å²) in [5.41, 5.74) is -0.222. The van der Waals surface area contributed by atoms with Gasteiger partial charge in [-0.3, -0.25) is 4.79 Å². The first kappa shape index (κ1) is 24.5.